The summed E-state index contributed by atoms with van der Waals surface area (Å²) in [6.07, 6.45) is -0.134. The second-order valence-electron chi connectivity index (χ2n) is 12.0. The molecule has 0 saturated carbocycles. The van der Waals surface area contributed by atoms with E-state index in [1.807, 2.05) is 86.6 Å². The van der Waals surface area contributed by atoms with Gasteiger partial charge in [0, 0.05) is 22.4 Å². The summed E-state index contributed by atoms with van der Waals surface area (Å²) < 4.78 is 5.78. The highest BCUT2D eigenvalue weighted by Crippen LogP contribution is 2.44. The van der Waals surface area contributed by atoms with Crippen molar-refractivity contribution in [2.45, 2.75) is 38.1 Å². The van der Waals surface area contributed by atoms with E-state index in [4.69, 9.17) is 16.3 Å². The number of carbonyl (C=O) groups excluding carboxylic acids is 2. The van der Waals surface area contributed by atoms with Gasteiger partial charge >= 0.3 is 6.09 Å². The van der Waals surface area contributed by atoms with Crippen LogP contribution in [0.5, 0.6) is 0 Å². The summed E-state index contributed by atoms with van der Waals surface area (Å²) in [6, 6.07) is 41.6. The maximum Gasteiger partial charge on any atom is 0.407 e. The van der Waals surface area contributed by atoms with E-state index < -0.39 is 12.1 Å². The Labute approximate surface area is 270 Å². The van der Waals surface area contributed by atoms with Crippen LogP contribution in [-0.4, -0.2) is 24.5 Å². The summed E-state index contributed by atoms with van der Waals surface area (Å²) in [6.45, 7) is 4.24. The van der Waals surface area contributed by atoms with Crippen LogP contribution >= 0.6 is 11.6 Å². The summed E-state index contributed by atoms with van der Waals surface area (Å²) in [5.74, 6) is -0.171. The number of carbonyl (C=O) groups is 2. The Morgan fingerprint density at radius 1 is 0.733 bits per heavy atom. The number of Topliss-reactive ketones (excluding diaryl/α,β-unsaturated/α-hetero) is 1. The highest BCUT2D eigenvalue weighted by Gasteiger charge is 2.30. The van der Waals surface area contributed by atoms with E-state index >= 15 is 0 Å². The Morgan fingerprint density at radius 3 is 1.80 bits per heavy atom. The molecule has 5 heteroatoms. The Kier molecular flexibility index (Phi) is 9.13. The van der Waals surface area contributed by atoms with Gasteiger partial charge in [-0.3, -0.25) is 4.79 Å². The molecule has 1 aliphatic rings. The van der Waals surface area contributed by atoms with Crippen molar-refractivity contribution in [3.63, 3.8) is 0 Å². The van der Waals surface area contributed by atoms with E-state index in [0.717, 1.165) is 38.9 Å². The number of fused-ring (bicyclic) bond motifs is 3. The van der Waals surface area contributed by atoms with Crippen LogP contribution in [0.25, 0.3) is 11.1 Å². The number of ketones is 1. The van der Waals surface area contributed by atoms with Crippen LogP contribution in [0.2, 0.25) is 5.02 Å². The Hall–Kier alpha value is -4.67. The molecule has 0 aliphatic heterocycles. The third-order valence-corrected chi connectivity index (χ3v) is 8.85. The van der Waals surface area contributed by atoms with Gasteiger partial charge in [0.25, 0.3) is 0 Å². The van der Waals surface area contributed by atoms with E-state index in [1.54, 1.807) is 6.07 Å². The zero-order valence-electron chi connectivity index (χ0n) is 25.5. The van der Waals surface area contributed by atoms with E-state index in [9.17, 15) is 9.59 Å². The topological polar surface area (TPSA) is 55.4 Å². The molecule has 0 fully saturated rings. The molecule has 6 rings (SSSR count). The second kappa shape index (κ2) is 13.5. The lowest BCUT2D eigenvalue weighted by Crippen LogP contribution is -2.42. The molecule has 0 aromatic heterocycles. The number of halogens is 1. The minimum atomic E-state index is -0.749. The Morgan fingerprint density at radius 2 is 1.27 bits per heavy atom. The summed E-state index contributed by atoms with van der Waals surface area (Å²) in [5, 5.41) is 3.38. The molecule has 0 spiro atoms. The molecule has 1 atom stereocenters. The maximum atomic E-state index is 13.8. The molecule has 0 radical (unpaired) electrons. The average Bonchev–Trinajstić information content (AvgIpc) is 3.38. The van der Waals surface area contributed by atoms with Gasteiger partial charge in [-0.1, -0.05) is 147 Å². The third-order valence-electron chi connectivity index (χ3n) is 8.52. The molecule has 0 unspecified atom stereocenters. The van der Waals surface area contributed by atoms with Gasteiger partial charge in [-0.05, 0) is 57.3 Å². The van der Waals surface area contributed by atoms with Gasteiger partial charge in [0.05, 0.1) is 6.04 Å². The van der Waals surface area contributed by atoms with Crippen LogP contribution < -0.4 is 5.32 Å². The van der Waals surface area contributed by atoms with Crippen LogP contribution in [0.4, 0.5) is 4.79 Å². The van der Waals surface area contributed by atoms with Gasteiger partial charge in [0.1, 0.15) is 6.61 Å². The highest BCUT2D eigenvalue weighted by molar-refractivity contribution is 6.32. The number of rotatable bonds is 10. The average molecular weight is 614 g/mol. The van der Waals surface area contributed by atoms with Crippen LogP contribution in [0.1, 0.15) is 70.3 Å². The molecule has 226 valence electrons. The molecular formula is C40H36ClNO3. The molecule has 1 N–H and O–H groups in total. The first-order chi connectivity index (χ1) is 21.9. The summed E-state index contributed by atoms with van der Waals surface area (Å²) in [7, 11) is 0. The lowest BCUT2D eigenvalue weighted by molar-refractivity contribution is 0.0905. The number of nitrogens with one attached hydrogen (secondary N) is 1. The lowest BCUT2D eigenvalue weighted by Gasteiger charge is -2.22. The number of benzene rings is 5. The van der Waals surface area contributed by atoms with E-state index in [2.05, 4.69) is 53.8 Å². The number of hydrogen-bond acceptors (Lipinski definition) is 3. The maximum absolute atomic E-state index is 13.8. The van der Waals surface area contributed by atoms with E-state index in [-0.39, 0.29) is 30.1 Å². The number of ether oxygens (including phenoxy) is 1. The van der Waals surface area contributed by atoms with Gasteiger partial charge in [0.15, 0.2) is 5.78 Å². The van der Waals surface area contributed by atoms with Gasteiger partial charge in [0.2, 0.25) is 0 Å². The van der Waals surface area contributed by atoms with Crippen molar-refractivity contribution in [1.82, 2.24) is 5.32 Å². The van der Waals surface area contributed by atoms with Crippen molar-refractivity contribution in [1.29, 1.82) is 0 Å². The first-order valence-corrected chi connectivity index (χ1v) is 15.8. The summed E-state index contributed by atoms with van der Waals surface area (Å²) in [4.78, 5) is 27.0. The fourth-order valence-electron chi connectivity index (χ4n) is 6.44. The van der Waals surface area contributed by atoms with E-state index in [0.29, 0.717) is 17.0 Å². The fraction of sp³-hybridized carbons (Fsp3) is 0.200. The zero-order valence-corrected chi connectivity index (χ0v) is 26.2. The van der Waals surface area contributed by atoms with E-state index in [1.165, 1.54) is 0 Å². The molecular weight excluding hydrogens is 578 g/mol. The largest absolute Gasteiger partial charge is 0.449 e. The summed E-state index contributed by atoms with van der Waals surface area (Å²) >= 11 is 6.92. The zero-order chi connectivity index (χ0) is 31.3. The van der Waals surface area contributed by atoms with Gasteiger partial charge in [-0.15, -0.1) is 0 Å². The Balaban J connectivity index is 1.20. The van der Waals surface area contributed by atoms with Crippen molar-refractivity contribution >= 4 is 23.5 Å². The van der Waals surface area contributed by atoms with Crippen molar-refractivity contribution < 1.29 is 14.3 Å². The molecule has 1 aliphatic carbocycles. The SMILES string of the molecule is CC(C)C[C@H](NC(=O)OCC1c2ccccc2-c2ccccc21)C(=O)c1ccc(C(c2ccccc2)c2ccccc2)c(Cl)c1. The lowest BCUT2D eigenvalue weighted by atomic mass is 9.84. The quantitative estimate of drug-likeness (QED) is 0.126. The molecule has 0 bridgehead atoms. The molecule has 0 heterocycles. The normalized spacial score (nSPS) is 12.9. The number of amides is 1. The standard InChI is InChI=1S/C40H36ClNO3/c1-26(2)23-37(42-40(44)45-25-35-32-19-11-9-17-30(32)31-18-10-12-20-33(31)35)39(43)29-21-22-34(36(41)24-29)38(27-13-5-3-6-14-27)28-15-7-4-8-16-28/h3-22,24,26,35,37-38H,23,25H2,1-2H3,(H,42,44)/t37-/m0/s1. The molecule has 1 amide bonds. The van der Waals surface area contributed by atoms with Crippen LogP contribution in [0, 0.1) is 5.92 Å². The molecule has 5 aromatic carbocycles. The molecule has 0 saturated heterocycles. The minimum Gasteiger partial charge on any atom is -0.449 e. The summed E-state index contributed by atoms with van der Waals surface area (Å²) in [5.41, 5.74) is 8.19. The first-order valence-electron chi connectivity index (χ1n) is 15.5. The highest BCUT2D eigenvalue weighted by atomic mass is 35.5. The monoisotopic (exact) mass is 613 g/mol. The van der Waals surface area contributed by atoms with Gasteiger partial charge < -0.3 is 10.1 Å². The van der Waals surface area contributed by atoms with Crippen molar-refractivity contribution in [3.8, 4) is 11.1 Å². The van der Waals surface area contributed by atoms with Crippen molar-refractivity contribution in [2.24, 2.45) is 5.92 Å². The molecule has 4 nitrogen and oxygen atoms in total. The predicted molar refractivity (Wildman–Crippen MR) is 181 cm³/mol. The second-order valence-corrected chi connectivity index (χ2v) is 12.4. The van der Waals surface area contributed by atoms with Crippen LogP contribution in [-0.2, 0) is 4.74 Å². The fourth-order valence-corrected chi connectivity index (χ4v) is 6.73. The predicted octanol–water partition coefficient (Wildman–Crippen LogP) is 9.66. The van der Waals surface area contributed by atoms with Gasteiger partial charge in [-0.25, -0.2) is 4.79 Å². The smallest absolute Gasteiger partial charge is 0.407 e. The number of alkyl carbamates (subject to hydrolysis) is 1. The Bertz CT molecular complexity index is 1720. The van der Waals surface area contributed by atoms with Crippen molar-refractivity contribution in [2.75, 3.05) is 6.61 Å². The molecule has 45 heavy (non-hydrogen) atoms. The van der Waals surface area contributed by atoms with Crippen molar-refractivity contribution in [3.05, 3.63) is 166 Å². The molecule has 5 aromatic rings. The van der Waals surface area contributed by atoms with Gasteiger partial charge in [-0.2, -0.15) is 0 Å². The number of hydrogen-bond donors (Lipinski definition) is 1. The minimum absolute atomic E-state index is 0.0593. The third kappa shape index (κ3) is 6.57. The van der Waals surface area contributed by atoms with Crippen LogP contribution in [0.15, 0.2) is 127 Å². The first kappa shape index (κ1) is 30.4. The van der Waals surface area contributed by atoms with Crippen LogP contribution in [0.3, 0.4) is 0 Å².